The summed E-state index contributed by atoms with van der Waals surface area (Å²) >= 11 is 0. The van der Waals surface area contributed by atoms with Crippen LogP contribution in [0.3, 0.4) is 0 Å². The third-order valence-electron chi connectivity index (χ3n) is 8.76. The highest BCUT2D eigenvalue weighted by atomic mass is 19.3. The minimum Gasteiger partial charge on any atom is -0.496 e. The fourth-order valence-corrected chi connectivity index (χ4v) is 6.56. The molecule has 0 radical (unpaired) electrons. The van der Waals surface area contributed by atoms with Crippen molar-refractivity contribution >= 4 is 16.8 Å². The lowest BCUT2D eigenvalue weighted by Crippen LogP contribution is -2.53. The molecule has 2 saturated carbocycles. The molecule has 2 aromatic carbocycles. The maximum absolute atomic E-state index is 14.0. The van der Waals surface area contributed by atoms with Gasteiger partial charge in [-0.05, 0) is 85.9 Å². The summed E-state index contributed by atoms with van der Waals surface area (Å²) in [6.45, 7) is 4.21. The second-order valence-electron chi connectivity index (χ2n) is 11.6. The lowest BCUT2D eigenvalue weighted by Gasteiger charge is -2.54. The number of alkyl halides is 2. The van der Waals surface area contributed by atoms with Gasteiger partial charge in [0.25, 0.3) is 5.91 Å². The van der Waals surface area contributed by atoms with Gasteiger partial charge in [-0.15, -0.1) is 0 Å². The molecule has 3 aromatic rings. The lowest BCUT2D eigenvalue weighted by atomic mass is 9.59. The largest absolute Gasteiger partial charge is 0.496 e. The number of aromatic amines is 1. The quantitative estimate of drug-likeness (QED) is 0.390. The Morgan fingerprint density at radius 2 is 1.95 bits per heavy atom. The van der Waals surface area contributed by atoms with Crippen LogP contribution < -0.4 is 10.1 Å². The van der Waals surface area contributed by atoms with Crippen LogP contribution in [0.1, 0.15) is 71.6 Å². The predicted octanol–water partition coefficient (Wildman–Crippen LogP) is 6.38. The number of hydrogen-bond donors (Lipinski definition) is 2. The van der Waals surface area contributed by atoms with E-state index < -0.39 is 5.92 Å². The summed E-state index contributed by atoms with van der Waals surface area (Å²) in [5.41, 5.74) is 4.74. The number of aryl methyl sites for hydroxylation is 1. The number of methoxy groups -OCH3 is 1. The second kappa shape index (κ2) is 9.12. The van der Waals surface area contributed by atoms with Crippen molar-refractivity contribution in [2.75, 3.05) is 20.2 Å². The molecule has 1 aromatic heterocycles. The highest BCUT2D eigenvalue weighted by molar-refractivity contribution is 5.94. The Morgan fingerprint density at radius 1 is 1.19 bits per heavy atom. The van der Waals surface area contributed by atoms with Crippen molar-refractivity contribution < 1.29 is 18.3 Å². The number of nitrogens with zero attached hydrogens (tertiary/aromatic N) is 1. The predicted molar refractivity (Wildman–Crippen MR) is 140 cm³/mol. The Morgan fingerprint density at radius 3 is 2.62 bits per heavy atom. The molecule has 2 aliphatic carbocycles. The number of carbonyl (C=O) groups is 1. The molecule has 1 amide bonds. The van der Waals surface area contributed by atoms with Gasteiger partial charge < -0.3 is 15.0 Å². The lowest BCUT2D eigenvalue weighted by molar-refractivity contribution is -0.186. The van der Waals surface area contributed by atoms with Gasteiger partial charge in [-0.3, -0.25) is 9.69 Å². The van der Waals surface area contributed by atoms with Gasteiger partial charge in [0.05, 0.1) is 7.11 Å². The molecule has 1 spiro atoms. The molecule has 2 heterocycles. The number of hydrogen-bond acceptors (Lipinski definition) is 3. The molecular formula is C30H35F2N3O2. The normalized spacial score (nSPS) is 22.6. The molecule has 5 nitrogen and oxygen atoms in total. The Bertz CT molecular complexity index is 1300. The van der Waals surface area contributed by atoms with Crippen LogP contribution in [-0.2, 0) is 6.54 Å². The van der Waals surface area contributed by atoms with E-state index in [1.807, 2.05) is 30.5 Å². The third-order valence-corrected chi connectivity index (χ3v) is 8.76. The first kappa shape index (κ1) is 24.4. The van der Waals surface area contributed by atoms with Crippen LogP contribution in [-0.4, -0.2) is 41.9 Å². The van der Waals surface area contributed by atoms with Crippen molar-refractivity contribution in [1.29, 1.82) is 0 Å². The van der Waals surface area contributed by atoms with E-state index >= 15 is 0 Å². The van der Waals surface area contributed by atoms with Crippen molar-refractivity contribution in [3.63, 3.8) is 0 Å². The number of likely N-dealkylation sites (tertiary alicyclic amines) is 1. The molecule has 2 N–H and O–H groups in total. The van der Waals surface area contributed by atoms with Crippen LogP contribution in [0.2, 0.25) is 0 Å². The Kier molecular flexibility index (Phi) is 6.02. The second-order valence-corrected chi connectivity index (χ2v) is 11.6. The number of nitrogens with one attached hydrogen (secondary N) is 2. The minimum atomic E-state index is -2.55. The highest BCUT2D eigenvalue weighted by Gasteiger charge is 2.58. The van der Waals surface area contributed by atoms with Gasteiger partial charge in [-0.2, -0.15) is 0 Å². The van der Waals surface area contributed by atoms with Gasteiger partial charge in [0.1, 0.15) is 5.75 Å². The number of ether oxygens (including phenoxy) is 1. The van der Waals surface area contributed by atoms with E-state index in [1.54, 1.807) is 7.11 Å². The zero-order valence-electron chi connectivity index (χ0n) is 21.6. The molecule has 1 unspecified atom stereocenters. The molecule has 1 atom stereocenters. The van der Waals surface area contributed by atoms with Crippen molar-refractivity contribution in [3.8, 4) is 5.75 Å². The van der Waals surface area contributed by atoms with Crippen molar-refractivity contribution in [3.05, 3.63) is 64.8 Å². The smallest absolute Gasteiger partial charge is 0.251 e. The van der Waals surface area contributed by atoms with Gasteiger partial charge in [-0.25, -0.2) is 8.78 Å². The number of aromatic nitrogens is 1. The summed E-state index contributed by atoms with van der Waals surface area (Å²) < 4.78 is 33.8. The number of rotatable bonds is 7. The third kappa shape index (κ3) is 4.74. The molecule has 7 heteroatoms. The molecule has 37 heavy (non-hydrogen) atoms. The first-order valence-corrected chi connectivity index (χ1v) is 13.4. The van der Waals surface area contributed by atoms with Gasteiger partial charge in [0.2, 0.25) is 5.92 Å². The number of carbonyl (C=O) groups excluding carboxylic acids is 1. The highest BCUT2D eigenvalue weighted by Crippen LogP contribution is 2.60. The van der Waals surface area contributed by atoms with Gasteiger partial charge in [0, 0.05) is 60.2 Å². The van der Waals surface area contributed by atoms with Gasteiger partial charge in [-0.1, -0.05) is 12.1 Å². The van der Waals surface area contributed by atoms with E-state index in [9.17, 15) is 13.6 Å². The molecule has 1 saturated heterocycles. The zero-order valence-corrected chi connectivity index (χ0v) is 21.6. The first-order valence-electron chi connectivity index (χ1n) is 13.4. The molecular weight excluding hydrogens is 472 g/mol. The average molecular weight is 508 g/mol. The maximum Gasteiger partial charge on any atom is 0.251 e. The first-order chi connectivity index (χ1) is 17.8. The van der Waals surface area contributed by atoms with Crippen LogP contribution in [0.4, 0.5) is 8.78 Å². The SMILES string of the molecule is COc1cc(C)c2[nH]ccc2c1CN1CCC2(CC1c1ccc(C(=O)NCC3CC3)cc1)CC(F)(F)C2. The van der Waals surface area contributed by atoms with Crippen molar-refractivity contribution in [1.82, 2.24) is 15.2 Å². The molecule has 1 aliphatic heterocycles. The molecule has 0 bridgehead atoms. The standard InChI is InChI=1S/C30H35F2N3O2/c1-19-13-26(37-2)24(23-9-11-33-27(19)23)16-35-12-10-29(17-30(31,32)18-29)14-25(35)21-5-7-22(8-6-21)28(36)34-15-20-3-4-20/h5-9,11,13,20,25,33H,3-4,10,12,14-18H2,1-2H3,(H,34,36). The molecule has 3 fully saturated rings. The van der Waals surface area contributed by atoms with Crippen LogP contribution in [0.15, 0.2) is 42.6 Å². The zero-order chi connectivity index (χ0) is 25.8. The summed E-state index contributed by atoms with van der Waals surface area (Å²) in [5.74, 6) is -1.12. The van der Waals surface area contributed by atoms with Gasteiger partial charge >= 0.3 is 0 Å². The van der Waals surface area contributed by atoms with Crippen LogP contribution in [0, 0.1) is 18.3 Å². The Labute approximate surface area is 216 Å². The van der Waals surface area contributed by atoms with Crippen LogP contribution in [0.25, 0.3) is 10.9 Å². The molecule has 196 valence electrons. The van der Waals surface area contributed by atoms with E-state index in [1.165, 1.54) is 12.8 Å². The number of fused-ring (bicyclic) bond motifs is 1. The Hall–Kier alpha value is -2.93. The minimum absolute atomic E-state index is 0.00609. The number of piperidine rings is 1. The molecule has 3 aliphatic rings. The van der Waals surface area contributed by atoms with E-state index in [2.05, 4.69) is 34.3 Å². The molecule has 6 rings (SSSR count). The number of halogens is 2. The van der Waals surface area contributed by atoms with E-state index in [4.69, 9.17) is 4.74 Å². The summed E-state index contributed by atoms with van der Waals surface area (Å²) in [7, 11) is 1.70. The van der Waals surface area contributed by atoms with E-state index in [0.29, 0.717) is 24.4 Å². The summed E-state index contributed by atoms with van der Waals surface area (Å²) in [5, 5.41) is 4.16. The van der Waals surface area contributed by atoms with Crippen LogP contribution >= 0.6 is 0 Å². The van der Waals surface area contributed by atoms with E-state index in [0.717, 1.165) is 52.9 Å². The maximum atomic E-state index is 14.0. The average Bonchev–Trinajstić information content (AvgIpc) is 3.57. The topological polar surface area (TPSA) is 57.4 Å². The fourth-order valence-electron chi connectivity index (χ4n) is 6.56. The summed E-state index contributed by atoms with van der Waals surface area (Å²) in [6.07, 6.45) is 5.75. The number of benzene rings is 2. The summed E-state index contributed by atoms with van der Waals surface area (Å²) in [4.78, 5) is 18.3. The Balaban J connectivity index is 1.28. The van der Waals surface area contributed by atoms with Gasteiger partial charge in [0.15, 0.2) is 0 Å². The fraction of sp³-hybridized carbons (Fsp3) is 0.500. The van der Waals surface area contributed by atoms with Crippen molar-refractivity contribution in [2.24, 2.45) is 11.3 Å². The van der Waals surface area contributed by atoms with Crippen LogP contribution in [0.5, 0.6) is 5.75 Å². The monoisotopic (exact) mass is 507 g/mol. The number of H-pyrrole nitrogens is 1. The summed E-state index contributed by atoms with van der Waals surface area (Å²) in [6, 6.07) is 11.9. The van der Waals surface area contributed by atoms with E-state index in [-0.39, 0.29) is 30.2 Å². The van der Waals surface area contributed by atoms with Crippen molar-refractivity contribution in [2.45, 2.75) is 64.0 Å². The number of amides is 1.